The first-order valence-electron chi connectivity index (χ1n) is 8.87. The monoisotopic (exact) mass is 286 g/mol. The number of hydrogen-bond donors (Lipinski definition) is 1. The lowest BCUT2D eigenvalue weighted by molar-refractivity contribution is 0.291. The molecule has 21 heavy (non-hydrogen) atoms. The van der Waals surface area contributed by atoms with Crippen LogP contribution < -0.4 is 5.32 Å². The zero-order valence-electron chi connectivity index (χ0n) is 13.6. The molecule has 2 aliphatic rings. The third-order valence-corrected chi connectivity index (χ3v) is 5.37. The number of hydrogen-bond acceptors (Lipinski definition) is 2. The number of aryl methyl sites for hydroxylation is 1. The Labute approximate surface area is 129 Å². The Kier molecular flexibility index (Phi) is 4.97. The van der Waals surface area contributed by atoms with Gasteiger partial charge < -0.3 is 5.32 Å². The molecule has 3 atom stereocenters. The third-order valence-electron chi connectivity index (χ3n) is 5.37. The second-order valence-corrected chi connectivity index (χ2v) is 6.87. The zero-order valence-corrected chi connectivity index (χ0v) is 13.6. The van der Waals surface area contributed by atoms with Gasteiger partial charge in [0.1, 0.15) is 0 Å². The normalized spacial score (nSPS) is 27.0. The second kappa shape index (κ2) is 6.93. The van der Waals surface area contributed by atoms with Gasteiger partial charge in [-0.25, -0.2) is 0 Å². The summed E-state index contributed by atoms with van der Waals surface area (Å²) in [5, 5.41) is 3.89. The van der Waals surface area contributed by atoms with Crippen molar-refractivity contribution in [2.24, 2.45) is 0 Å². The summed E-state index contributed by atoms with van der Waals surface area (Å²) in [4.78, 5) is 2.68. The highest BCUT2D eigenvalue weighted by molar-refractivity contribution is 5.25. The molecule has 2 heteroatoms. The molecular formula is C19H30N2. The summed E-state index contributed by atoms with van der Waals surface area (Å²) in [6.45, 7) is 7.20. The van der Waals surface area contributed by atoms with Crippen molar-refractivity contribution in [2.75, 3.05) is 13.1 Å². The van der Waals surface area contributed by atoms with Crippen LogP contribution in [0.1, 0.15) is 63.1 Å². The molecule has 0 amide bonds. The summed E-state index contributed by atoms with van der Waals surface area (Å²) < 4.78 is 0. The van der Waals surface area contributed by atoms with Crippen molar-refractivity contribution in [2.45, 2.75) is 70.5 Å². The van der Waals surface area contributed by atoms with E-state index in [1.807, 2.05) is 0 Å². The van der Waals surface area contributed by atoms with Gasteiger partial charge in [-0.15, -0.1) is 0 Å². The van der Waals surface area contributed by atoms with E-state index >= 15 is 0 Å². The minimum Gasteiger partial charge on any atom is -0.306 e. The molecule has 0 bridgehead atoms. The Morgan fingerprint density at radius 1 is 1.19 bits per heavy atom. The number of rotatable bonds is 6. The summed E-state index contributed by atoms with van der Waals surface area (Å²) in [7, 11) is 0. The van der Waals surface area contributed by atoms with Gasteiger partial charge in [0.15, 0.2) is 0 Å². The van der Waals surface area contributed by atoms with Crippen molar-refractivity contribution >= 4 is 0 Å². The third kappa shape index (κ3) is 3.49. The summed E-state index contributed by atoms with van der Waals surface area (Å²) in [6.07, 6.45) is 7.90. The molecule has 116 valence electrons. The summed E-state index contributed by atoms with van der Waals surface area (Å²) in [6, 6.07) is 11.3. The molecule has 3 rings (SSSR count). The van der Waals surface area contributed by atoms with Gasteiger partial charge in [0, 0.05) is 24.7 Å². The minimum atomic E-state index is 0.468. The van der Waals surface area contributed by atoms with Gasteiger partial charge in [-0.05, 0) is 56.7 Å². The SMILES string of the molecule is CCCCc1ccc(C(C)NC2CCN3CCCC23)cc1. The van der Waals surface area contributed by atoms with Gasteiger partial charge in [-0.1, -0.05) is 37.6 Å². The molecular weight excluding hydrogens is 256 g/mol. The summed E-state index contributed by atoms with van der Waals surface area (Å²) >= 11 is 0. The Morgan fingerprint density at radius 3 is 2.76 bits per heavy atom. The van der Waals surface area contributed by atoms with Crippen molar-refractivity contribution in [1.29, 1.82) is 0 Å². The average Bonchev–Trinajstić information content (AvgIpc) is 3.10. The standard InChI is InChI=1S/C19H30N2/c1-3-4-6-16-8-10-17(11-9-16)15(2)20-18-12-14-21-13-5-7-19(18)21/h8-11,15,18-20H,3-7,12-14H2,1-2H3. The van der Waals surface area contributed by atoms with Gasteiger partial charge in [-0.3, -0.25) is 4.90 Å². The van der Waals surface area contributed by atoms with E-state index in [2.05, 4.69) is 48.3 Å². The van der Waals surface area contributed by atoms with E-state index < -0.39 is 0 Å². The zero-order chi connectivity index (χ0) is 14.7. The van der Waals surface area contributed by atoms with Gasteiger partial charge in [0.2, 0.25) is 0 Å². The van der Waals surface area contributed by atoms with Gasteiger partial charge >= 0.3 is 0 Å². The molecule has 2 fully saturated rings. The maximum absolute atomic E-state index is 3.89. The molecule has 0 aliphatic carbocycles. The first-order chi connectivity index (χ1) is 10.3. The quantitative estimate of drug-likeness (QED) is 0.853. The first-order valence-corrected chi connectivity index (χ1v) is 8.87. The van der Waals surface area contributed by atoms with Crippen LogP contribution in [-0.4, -0.2) is 30.1 Å². The predicted molar refractivity (Wildman–Crippen MR) is 89.6 cm³/mol. The smallest absolute Gasteiger partial charge is 0.0295 e. The number of fused-ring (bicyclic) bond motifs is 1. The Balaban J connectivity index is 1.56. The molecule has 0 saturated carbocycles. The van der Waals surface area contributed by atoms with E-state index in [0.717, 1.165) is 6.04 Å². The second-order valence-electron chi connectivity index (χ2n) is 6.87. The van der Waals surface area contributed by atoms with E-state index in [9.17, 15) is 0 Å². The summed E-state index contributed by atoms with van der Waals surface area (Å²) in [5.74, 6) is 0. The molecule has 0 spiro atoms. The van der Waals surface area contributed by atoms with Crippen LogP contribution in [-0.2, 0) is 6.42 Å². The van der Waals surface area contributed by atoms with Gasteiger partial charge in [-0.2, -0.15) is 0 Å². The topological polar surface area (TPSA) is 15.3 Å². The maximum atomic E-state index is 3.89. The number of nitrogens with zero attached hydrogens (tertiary/aromatic N) is 1. The van der Waals surface area contributed by atoms with E-state index in [4.69, 9.17) is 0 Å². The lowest BCUT2D eigenvalue weighted by atomic mass is 10.0. The highest BCUT2D eigenvalue weighted by Crippen LogP contribution is 2.29. The van der Waals surface area contributed by atoms with Crippen LogP contribution >= 0.6 is 0 Å². The Bertz CT molecular complexity index is 439. The minimum absolute atomic E-state index is 0.468. The molecule has 0 aromatic heterocycles. The Hall–Kier alpha value is -0.860. The fraction of sp³-hybridized carbons (Fsp3) is 0.684. The van der Waals surface area contributed by atoms with Crippen LogP contribution in [0.2, 0.25) is 0 Å². The molecule has 2 heterocycles. The molecule has 2 saturated heterocycles. The lowest BCUT2D eigenvalue weighted by Crippen LogP contribution is -2.40. The summed E-state index contributed by atoms with van der Waals surface area (Å²) in [5.41, 5.74) is 2.92. The molecule has 1 aromatic carbocycles. The van der Waals surface area contributed by atoms with Crippen molar-refractivity contribution in [3.8, 4) is 0 Å². The number of nitrogens with one attached hydrogen (secondary N) is 1. The molecule has 1 aromatic rings. The highest BCUT2D eigenvalue weighted by Gasteiger charge is 2.37. The molecule has 2 aliphatic heterocycles. The first kappa shape index (κ1) is 15.1. The van der Waals surface area contributed by atoms with Crippen LogP contribution in [0.5, 0.6) is 0 Å². The van der Waals surface area contributed by atoms with Gasteiger partial charge in [0.05, 0.1) is 0 Å². The predicted octanol–water partition coefficient (Wildman–Crippen LogP) is 3.92. The molecule has 3 unspecified atom stereocenters. The van der Waals surface area contributed by atoms with E-state index in [0.29, 0.717) is 12.1 Å². The van der Waals surface area contributed by atoms with Crippen LogP contribution in [0.3, 0.4) is 0 Å². The number of unbranched alkanes of at least 4 members (excludes halogenated alkanes) is 1. The van der Waals surface area contributed by atoms with Crippen LogP contribution in [0.15, 0.2) is 24.3 Å². The van der Waals surface area contributed by atoms with Crippen molar-refractivity contribution in [1.82, 2.24) is 10.2 Å². The van der Waals surface area contributed by atoms with E-state index in [1.54, 1.807) is 0 Å². The van der Waals surface area contributed by atoms with Crippen molar-refractivity contribution in [3.05, 3.63) is 35.4 Å². The highest BCUT2D eigenvalue weighted by atomic mass is 15.2. The maximum Gasteiger partial charge on any atom is 0.0295 e. The lowest BCUT2D eigenvalue weighted by Gasteiger charge is -2.25. The fourth-order valence-electron chi connectivity index (χ4n) is 4.05. The van der Waals surface area contributed by atoms with Crippen LogP contribution in [0, 0.1) is 0 Å². The van der Waals surface area contributed by atoms with Crippen LogP contribution in [0.4, 0.5) is 0 Å². The van der Waals surface area contributed by atoms with Crippen molar-refractivity contribution < 1.29 is 0 Å². The van der Waals surface area contributed by atoms with E-state index in [-0.39, 0.29) is 0 Å². The largest absolute Gasteiger partial charge is 0.306 e. The van der Waals surface area contributed by atoms with Crippen molar-refractivity contribution in [3.63, 3.8) is 0 Å². The fourth-order valence-corrected chi connectivity index (χ4v) is 4.05. The average molecular weight is 286 g/mol. The Morgan fingerprint density at radius 2 is 2.00 bits per heavy atom. The van der Waals surface area contributed by atoms with Crippen LogP contribution in [0.25, 0.3) is 0 Å². The molecule has 1 N–H and O–H groups in total. The molecule has 2 nitrogen and oxygen atoms in total. The van der Waals surface area contributed by atoms with E-state index in [1.165, 1.54) is 62.7 Å². The van der Waals surface area contributed by atoms with Gasteiger partial charge in [0.25, 0.3) is 0 Å². The number of benzene rings is 1. The molecule has 0 radical (unpaired) electrons.